The van der Waals surface area contributed by atoms with Gasteiger partial charge in [0.2, 0.25) is 0 Å². The van der Waals surface area contributed by atoms with Crippen molar-refractivity contribution in [2.24, 2.45) is 5.92 Å². The SMILES string of the molecule is CC(c1ccccc1)C(O)N1CCC(Cc2ccccc2)CC1. The first-order valence-corrected chi connectivity index (χ1v) is 8.75. The van der Waals surface area contributed by atoms with Crippen LogP contribution in [0.1, 0.15) is 36.8 Å². The number of likely N-dealkylation sites (tertiary alicyclic amines) is 1. The Kier molecular flexibility index (Phi) is 5.47. The van der Waals surface area contributed by atoms with Gasteiger partial charge >= 0.3 is 0 Å². The highest BCUT2D eigenvalue weighted by molar-refractivity contribution is 5.20. The van der Waals surface area contributed by atoms with Crippen molar-refractivity contribution in [1.29, 1.82) is 0 Å². The number of aliphatic hydroxyl groups excluding tert-OH is 1. The van der Waals surface area contributed by atoms with Crippen molar-refractivity contribution in [3.8, 4) is 0 Å². The fraction of sp³-hybridized carbons (Fsp3) is 0.429. The van der Waals surface area contributed by atoms with Crippen LogP contribution in [0, 0.1) is 5.92 Å². The first-order valence-electron chi connectivity index (χ1n) is 8.75. The van der Waals surface area contributed by atoms with E-state index in [2.05, 4.69) is 54.3 Å². The van der Waals surface area contributed by atoms with Gasteiger partial charge in [-0.05, 0) is 36.3 Å². The number of aliphatic hydroxyl groups is 1. The Balaban J connectivity index is 1.52. The fourth-order valence-electron chi connectivity index (χ4n) is 3.61. The first kappa shape index (κ1) is 16.2. The summed E-state index contributed by atoms with van der Waals surface area (Å²) in [4.78, 5) is 2.25. The molecule has 2 nitrogen and oxygen atoms in total. The van der Waals surface area contributed by atoms with Gasteiger partial charge in [-0.3, -0.25) is 4.90 Å². The number of hydrogen-bond donors (Lipinski definition) is 1. The van der Waals surface area contributed by atoms with Crippen LogP contribution in [-0.2, 0) is 6.42 Å². The molecule has 0 radical (unpaired) electrons. The molecule has 3 rings (SSSR count). The van der Waals surface area contributed by atoms with Crippen LogP contribution < -0.4 is 0 Å². The molecule has 2 heteroatoms. The second-order valence-electron chi connectivity index (χ2n) is 6.78. The van der Waals surface area contributed by atoms with E-state index < -0.39 is 0 Å². The van der Waals surface area contributed by atoms with Gasteiger partial charge in [0, 0.05) is 19.0 Å². The minimum absolute atomic E-state index is 0.155. The quantitative estimate of drug-likeness (QED) is 0.900. The molecule has 2 unspecified atom stereocenters. The second-order valence-corrected chi connectivity index (χ2v) is 6.78. The monoisotopic (exact) mass is 309 g/mol. The maximum atomic E-state index is 10.7. The molecule has 0 aromatic heterocycles. The van der Waals surface area contributed by atoms with Crippen LogP contribution in [0.15, 0.2) is 60.7 Å². The molecule has 0 aliphatic carbocycles. The van der Waals surface area contributed by atoms with Crippen LogP contribution in [0.5, 0.6) is 0 Å². The Morgan fingerprint density at radius 1 is 0.957 bits per heavy atom. The summed E-state index contributed by atoms with van der Waals surface area (Å²) in [6.45, 7) is 4.11. The Labute approximate surface area is 139 Å². The molecule has 122 valence electrons. The number of hydrogen-bond acceptors (Lipinski definition) is 2. The minimum Gasteiger partial charge on any atom is -0.378 e. The van der Waals surface area contributed by atoms with Gasteiger partial charge in [-0.2, -0.15) is 0 Å². The molecule has 1 saturated heterocycles. The zero-order valence-electron chi connectivity index (χ0n) is 13.9. The van der Waals surface area contributed by atoms with Crippen LogP contribution in [0.25, 0.3) is 0 Å². The summed E-state index contributed by atoms with van der Waals surface area (Å²) in [6, 6.07) is 21.1. The molecule has 23 heavy (non-hydrogen) atoms. The van der Waals surface area contributed by atoms with E-state index in [-0.39, 0.29) is 12.1 Å². The van der Waals surface area contributed by atoms with Gasteiger partial charge in [0.25, 0.3) is 0 Å². The van der Waals surface area contributed by atoms with Crippen molar-refractivity contribution in [3.05, 3.63) is 71.8 Å². The van der Waals surface area contributed by atoms with E-state index in [1.54, 1.807) is 0 Å². The summed E-state index contributed by atoms with van der Waals surface area (Å²) < 4.78 is 0. The number of nitrogens with zero attached hydrogens (tertiary/aromatic N) is 1. The molecule has 1 aliphatic rings. The third-order valence-electron chi connectivity index (χ3n) is 5.16. The average Bonchev–Trinajstić information content (AvgIpc) is 2.63. The minimum atomic E-state index is -0.380. The largest absolute Gasteiger partial charge is 0.378 e. The molecule has 0 amide bonds. The zero-order valence-corrected chi connectivity index (χ0v) is 13.9. The predicted octanol–water partition coefficient (Wildman–Crippen LogP) is 4.06. The van der Waals surface area contributed by atoms with Crippen molar-refractivity contribution in [2.45, 2.75) is 38.3 Å². The van der Waals surface area contributed by atoms with Crippen LogP contribution >= 0.6 is 0 Å². The van der Waals surface area contributed by atoms with Crippen molar-refractivity contribution in [3.63, 3.8) is 0 Å². The smallest absolute Gasteiger partial charge is 0.114 e. The highest BCUT2D eigenvalue weighted by Crippen LogP contribution is 2.27. The number of rotatable bonds is 5. The van der Waals surface area contributed by atoms with E-state index in [0.717, 1.165) is 19.0 Å². The molecule has 1 fully saturated rings. The predicted molar refractivity (Wildman–Crippen MR) is 95.3 cm³/mol. The van der Waals surface area contributed by atoms with Gasteiger partial charge in [0.1, 0.15) is 6.23 Å². The van der Waals surface area contributed by atoms with Gasteiger partial charge in [0.15, 0.2) is 0 Å². The number of benzene rings is 2. The maximum Gasteiger partial charge on any atom is 0.114 e. The van der Waals surface area contributed by atoms with Crippen molar-refractivity contribution < 1.29 is 5.11 Å². The summed E-state index contributed by atoms with van der Waals surface area (Å²) in [6.07, 6.45) is 3.13. The fourth-order valence-corrected chi connectivity index (χ4v) is 3.61. The van der Waals surface area contributed by atoms with Gasteiger partial charge in [0.05, 0.1) is 0 Å². The topological polar surface area (TPSA) is 23.5 Å². The Hall–Kier alpha value is -1.64. The van der Waals surface area contributed by atoms with E-state index in [0.29, 0.717) is 0 Å². The van der Waals surface area contributed by atoms with Crippen LogP contribution in [0.2, 0.25) is 0 Å². The molecule has 2 aromatic rings. The van der Waals surface area contributed by atoms with Crippen molar-refractivity contribution >= 4 is 0 Å². The molecule has 0 saturated carbocycles. The Morgan fingerprint density at radius 3 is 2.13 bits per heavy atom. The molecule has 2 atom stereocenters. The van der Waals surface area contributed by atoms with Crippen molar-refractivity contribution in [1.82, 2.24) is 4.90 Å². The standard InChI is InChI=1S/C21H27NO/c1-17(20-10-6-3-7-11-20)21(23)22-14-12-19(13-15-22)16-18-8-4-2-5-9-18/h2-11,17,19,21,23H,12-16H2,1H3. The third-order valence-corrected chi connectivity index (χ3v) is 5.16. The van der Waals surface area contributed by atoms with E-state index in [1.165, 1.54) is 30.4 Å². The Bertz CT molecular complexity index is 575. The summed E-state index contributed by atoms with van der Waals surface area (Å²) >= 11 is 0. The highest BCUT2D eigenvalue weighted by Gasteiger charge is 2.27. The van der Waals surface area contributed by atoms with E-state index in [9.17, 15) is 5.11 Å². The van der Waals surface area contributed by atoms with Gasteiger partial charge in [-0.15, -0.1) is 0 Å². The summed E-state index contributed by atoms with van der Waals surface area (Å²) in [5.74, 6) is 0.898. The third kappa shape index (κ3) is 4.21. The molecule has 1 heterocycles. The molecule has 1 N–H and O–H groups in total. The van der Waals surface area contributed by atoms with Crippen molar-refractivity contribution in [2.75, 3.05) is 13.1 Å². The maximum absolute atomic E-state index is 10.7. The lowest BCUT2D eigenvalue weighted by Gasteiger charge is -2.37. The van der Waals surface area contributed by atoms with Crippen LogP contribution in [0.3, 0.4) is 0 Å². The average molecular weight is 309 g/mol. The van der Waals surface area contributed by atoms with E-state index >= 15 is 0 Å². The Morgan fingerprint density at radius 2 is 1.52 bits per heavy atom. The van der Waals surface area contributed by atoms with Gasteiger partial charge < -0.3 is 5.11 Å². The van der Waals surface area contributed by atoms with Crippen LogP contribution in [-0.4, -0.2) is 29.3 Å². The summed E-state index contributed by atoms with van der Waals surface area (Å²) in [5.41, 5.74) is 2.65. The number of piperidine rings is 1. The van der Waals surface area contributed by atoms with Gasteiger partial charge in [-0.1, -0.05) is 67.6 Å². The van der Waals surface area contributed by atoms with Gasteiger partial charge in [-0.25, -0.2) is 0 Å². The van der Waals surface area contributed by atoms with E-state index in [4.69, 9.17) is 0 Å². The van der Waals surface area contributed by atoms with E-state index in [1.807, 2.05) is 18.2 Å². The lowest BCUT2D eigenvalue weighted by atomic mass is 9.89. The second kappa shape index (κ2) is 7.76. The molecule has 0 spiro atoms. The molecule has 0 bridgehead atoms. The summed E-state index contributed by atoms with van der Waals surface area (Å²) in [5, 5.41) is 10.7. The lowest BCUT2D eigenvalue weighted by Crippen LogP contribution is -2.44. The first-order chi connectivity index (χ1) is 11.2. The molecule has 1 aliphatic heterocycles. The highest BCUT2D eigenvalue weighted by atomic mass is 16.3. The van der Waals surface area contributed by atoms with Crippen LogP contribution in [0.4, 0.5) is 0 Å². The zero-order chi connectivity index (χ0) is 16.1. The lowest BCUT2D eigenvalue weighted by molar-refractivity contribution is -0.0313. The normalized spacial score (nSPS) is 19.4. The molecular formula is C21H27NO. The summed E-state index contributed by atoms with van der Waals surface area (Å²) in [7, 11) is 0. The molecular weight excluding hydrogens is 282 g/mol. The molecule has 2 aromatic carbocycles.